The second-order valence-corrected chi connectivity index (χ2v) is 6.41. The van der Waals surface area contributed by atoms with Gasteiger partial charge in [0.25, 0.3) is 0 Å². The maximum atomic E-state index is 13.1. The zero-order valence-corrected chi connectivity index (χ0v) is 12.5. The lowest BCUT2D eigenvalue weighted by Crippen LogP contribution is -2.60. The largest absolute Gasteiger partial charge is 0.309 e. The monoisotopic (exact) mass is 264 g/mol. The Balaban J connectivity index is 1.97. The summed E-state index contributed by atoms with van der Waals surface area (Å²) in [5.41, 5.74) is 2.50. The van der Waals surface area contributed by atoms with Gasteiger partial charge in [0, 0.05) is 31.2 Å². The minimum atomic E-state index is -0.141. The molecule has 1 atom stereocenters. The Labute approximate surface area is 116 Å². The SMILES string of the molecule is Cc1cc(F)ccc1CCN1CC(C)(C)NCC1C. The predicted octanol–water partition coefficient (Wildman–Crippen LogP) is 2.75. The molecular formula is C16H25FN2. The highest BCUT2D eigenvalue weighted by Gasteiger charge is 2.29. The minimum Gasteiger partial charge on any atom is -0.309 e. The van der Waals surface area contributed by atoms with E-state index < -0.39 is 0 Å². The summed E-state index contributed by atoms with van der Waals surface area (Å²) < 4.78 is 13.1. The van der Waals surface area contributed by atoms with E-state index in [0.717, 1.165) is 31.6 Å². The highest BCUT2D eigenvalue weighted by Crippen LogP contribution is 2.17. The van der Waals surface area contributed by atoms with Crippen LogP contribution in [0.2, 0.25) is 0 Å². The summed E-state index contributed by atoms with van der Waals surface area (Å²) in [5.74, 6) is -0.141. The van der Waals surface area contributed by atoms with Crippen LogP contribution in [-0.2, 0) is 6.42 Å². The van der Waals surface area contributed by atoms with Crippen LogP contribution < -0.4 is 5.32 Å². The van der Waals surface area contributed by atoms with Crippen molar-refractivity contribution in [3.8, 4) is 0 Å². The summed E-state index contributed by atoms with van der Waals surface area (Å²) in [5, 5.41) is 3.56. The van der Waals surface area contributed by atoms with Gasteiger partial charge >= 0.3 is 0 Å². The normalized spacial score (nSPS) is 23.5. The smallest absolute Gasteiger partial charge is 0.123 e. The van der Waals surface area contributed by atoms with E-state index in [0.29, 0.717) is 6.04 Å². The standard InChI is InChI=1S/C16H25FN2/c1-12-9-15(17)6-5-14(12)7-8-19-11-16(3,4)18-10-13(19)2/h5-6,9,13,18H,7-8,10-11H2,1-4H3. The first kappa shape index (κ1) is 14.5. The van der Waals surface area contributed by atoms with Gasteiger partial charge in [-0.2, -0.15) is 0 Å². The van der Waals surface area contributed by atoms with E-state index in [4.69, 9.17) is 0 Å². The number of piperazine rings is 1. The van der Waals surface area contributed by atoms with Crippen LogP contribution in [0.4, 0.5) is 4.39 Å². The molecule has 1 aromatic rings. The Morgan fingerprint density at radius 3 is 2.84 bits per heavy atom. The molecule has 2 nitrogen and oxygen atoms in total. The van der Waals surface area contributed by atoms with Crippen molar-refractivity contribution >= 4 is 0 Å². The molecule has 1 heterocycles. The summed E-state index contributed by atoms with van der Waals surface area (Å²) in [4.78, 5) is 2.53. The number of rotatable bonds is 3. The van der Waals surface area contributed by atoms with Crippen LogP contribution in [0.1, 0.15) is 31.9 Å². The number of halogens is 1. The first-order chi connectivity index (χ1) is 8.87. The molecular weight excluding hydrogens is 239 g/mol. The molecule has 0 aromatic heterocycles. The van der Waals surface area contributed by atoms with Gasteiger partial charge in [0.15, 0.2) is 0 Å². The molecule has 0 saturated carbocycles. The lowest BCUT2D eigenvalue weighted by atomic mass is 9.98. The molecule has 3 heteroatoms. The molecule has 1 N–H and O–H groups in total. The average Bonchev–Trinajstić information content (AvgIpc) is 2.32. The zero-order chi connectivity index (χ0) is 14.0. The first-order valence-electron chi connectivity index (χ1n) is 7.11. The topological polar surface area (TPSA) is 15.3 Å². The third-order valence-corrected chi connectivity index (χ3v) is 4.07. The van der Waals surface area contributed by atoms with E-state index in [1.54, 1.807) is 12.1 Å². The fourth-order valence-corrected chi connectivity index (χ4v) is 2.78. The predicted molar refractivity (Wildman–Crippen MR) is 78.0 cm³/mol. The van der Waals surface area contributed by atoms with Gasteiger partial charge in [-0.3, -0.25) is 4.90 Å². The number of hydrogen-bond donors (Lipinski definition) is 1. The van der Waals surface area contributed by atoms with Crippen LogP contribution in [-0.4, -0.2) is 36.1 Å². The van der Waals surface area contributed by atoms with Crippen LogP contribution in [0, 0.1) is 12.7 Å². The van der Waals surface area contributed by atoms with E-state index in [9.17, 15) is 4.39 Å². The van der Waals surface area contributed by atoms with Crippen molar-refractivity contribution < 1.29 is 4.39 Å². The Morgan fingerprint density at radius 1 is 1.42 bits per heavy atom. The molecule has 1 fully saturated rings. The van der Waals surface area contributed by atoms with Crippen molar-refractivity contribution in [2.45, 2.75) is 45.7 Å². The summed E-state index contributed by atoms with van der Waals surface area (Å²) in [6, 6.07) is 5.67. The van der Waals surface area contributed by atoms with Crippen molar-refractivity contribution in [3.63, 3.8) is 0 Å². The maximum absolute atomic E-state index is 13.1. The fraction of sp³-hybridized carbons (Fsp3) is 0.625. The number of hydrogen-bond acceptors (Lipinski definition) is 2. The molecule has 1 saturated heterocycles. The summed E-state index contributed by atoms with van der Waals surface area (Å²) in [6.45, 7) is 11.9. The minimum absolute atomic E-state index is 0.141. The van der Waals surface area contributed by atoms with E-state index >= 15 is 0 Å². The van der Waals surface area contributed by atoms with Crippen LogP contribution >= 0.6 is 0 Å². The van der Waals surface area contributed by atoms with Gasteiger partial charge in [-0.15, -0.1) is 0 Å². The van der Waals surface area contributed by atoms with E-state index in [1.807, 2.05) is 13.0 Å². The Hall–Kier alpha value is -0.930. The van der Waals surface area contributed by atoms with Gasteiger partial charge in [-0.05, 0) is 57.4 Å². The Kier molecular flexibility index (Phi) is 4.26. The molecule has 1 aliphatic rings. The van der Waals surface area contributed by atoms with Crippen molar-refractivity contribution in [1.82, 2.24) is 10.2 Å². The van der Waals surface area contributed by atoms with E-state index in [2.05, 4.69) is 31.0 Å². The van der Waals surface area contributed by atoms with Crippen LogP contribution in [0.3, 0.4) is 0 Å². The first-order valence-corrected chi connectivity index (χ1v) is 7.11. The second-order valence-electron chi connectivity index (χ2n) is 6.41. The summed E-state index contributed by atoms with van der Waals surface area (Å²) >= 11 is 0. The van der Waals surface area contributed by atoms with Crippen LogP contribution in [0.5, 0.6) is 0 Å². The molecule has 1 aromatic carbocycles. The molecule has 1 unspecified atom stereocenters. The maximum Gasteiger partial charge on any atom is 0.123 e. The van der Waals surface area contributed by atoms with Gasteiger partial charge in [0.05, 0.1) is 0 Å². The van der Waals surface area contributed by atoms with Crippen molar-refractivity contribution in [1.29, 1.82) is 0 Å². The lowest BCUT2D eigenvalue weighted by Gasteiger charge is -2.43. The average molecular weight is 264 g/mol. The van der Waals surface area contributed by atoms with Gasteiger partial charge in [-0.1, -0.05) is 6.07 Å². The molecule has 1 aliphatic heterocycles. The lowest BCUT2D eigenvalue weighted by molar-refractivity contribution is 0.106. The molecule has 0 radical (unpaired) electrons. The summed E-state index contributed by atoms with van der Waals surface area (Å²) in [7, 11) is 0. The third kappa shape index (κ3) is 3.77. The van der Waals surface area contributed by atoms with Gasteiger partial charge in [0.2, 0.25) is 0 Å². The highest BCUT2D eigenvalue weighted by molar-refractivity contribution is 5.26. The van der Waals surface area contributed by atoms with Gasteiger partial charge in [-0.25, -0.2) is 4.39 Å². The number of benzene rings is 1. The third-order valence-electron chi connectivity index (χ3n) is 4.07. The molecule has 0 amide bonds. The summed E-state index contributed by atoms with van der Waals surface area (Å²) in [6.07, 6.45) is 0.993. The molecule has 0 spiro atoms. The van der Waals surface area contributed by atoms with E-state index in [1.165, 1.54) is 5.56 Å². The van der Waals surface area contributed by atoms with E-state index in [-0.39, 0.29) is 11.4 Å². The zero-order valence-electron chi connectivity index (χ0n) is 12.5. The van der Waals surface area contributed by atoms with Crippen molar-refractivity contribution in [3.05, 3.63) is 35.1 Å². The number of nitrogens with zero attached hydrogens (tertiary/aromatic N) is 1. The molecule has 19 heavy (non-hydrogen) atoms. The van der Waals surface area contributed by atoms with Gasteiger partial charge < -0.3 is 5.32 Å². The molecule has 0 aliphatic carbocycles. The molecule has 106 valence electrons. The second kappa shape index (κ2) is 5.59. The van der Waals surface area contributed by atoms with Gasteiger partial charge in [0.1, 0.15) is 5.82 Å². The van der Waals surface area contributed by atoms with Crippen LogP contribution in [0.15, 0.2) is 18.2 Å². The number of nitrogens with one attached hydrogen (secondary N) is 1. The Morgan fingerprint density at radius 2 is 2.16 bits per heavy atom. The molecule has 0 bridgehead atoms. The number of aryl methyl sites for hydroxylation is 1. The fourth-order valence-electron chi connectivity index (χ4n) is 2.78. The van der Waals surface area contributed by atoms with Crippen molar-refractivity contribution in [2.24, 2.45) is 0 Å². The quantitative estimate of drug-likeness (QED) is 0.903. The van der Waals surface area contributed by atoms with Crippen molar-refractivity contribution in [2.75, 3.05) is 19.6 Å². The van der Waals surface area contributed by atoms with Crippen LogP contribution in [0.25, 0.3) is 0 Å². The molecule has 2 rings (SSSR count). The highest BCUT2D eigenvalue weighted by atomic mass is 19.1. The Bertz CT molecular complexity index is 442.